The number of cyclic esters (lactones) is 1. The number of aliphatic hydroxyl groups is 2. The highest BCUT2D eigenvalue weighted by atomic mass is 16.6. The van der Waals surface area contributed by atoms with E-state index in [9.17, 15) is 9.90 Å². The largest absolute Gasteiger partial charge is 0.457 e. The van der Waals surface area contributed by atoms with Gasteiger partial charge >= 0.3 is 5.97 Å². The standard InChI is InChI=1S/C27H40O5.CH4O/c1-18-11-10-15-22(28)14-8-9-16-23(21-12-6-5-7-13-21)31-27(29)20(3)26-24(30-4)17-19(2)25(18)32-26;1-2/h5-7,10-13,18-20,22-26,28H,8-9,14-17H2,1-4H3;2H,1H3/b11-10+;/t18-,19?,20-,22?,23-,24?,25?,26?;/m0./s1. The van der Waals surface area contributed by atoms with Crippen LogP contribution in [0, 0.1) is 17.8 Å². The Bertz CT molecular complexity index is 736. The molecule has 34 heavy (non-hydrogen) atoms. The van der Waals surface area contributed by atoms with Crippen molar-refractivity contribution in [2.24, 2.45) is 17.8 Å². The van der Waals surface area contributed by atoms with E-state index in [1.54, 1.807) is 7.11 Å². The molecule has 2 N–H and O–H groups in total. The van der Waals surface area contributed by atoms with Crippen molar-refractivity contribution in [1.82, 2.24) is 0 Å². The van der Waals surface area contributed by atoms with Crippen LogP contribution in [0.15, 0.2) is 42.5 Å². The molecule has 0 saturated carbocycles. The Hall–Kier alpha value is -1.73. The summed E-state index contributed by atoms with van der Waals surface area (Å²) in [5.41, 5.74) is 1.01. The number of esters is 1. The maximum absolute atomic E-state index is 13.3. The lowest BCUT2D eigenvalue weighted by molar-refractivity contribution is -0.194. The zero-order valence-corrected chi connectivity index (χ0v) is 21.4. The number of aliphatic hydroxyl groups excluding tert-OH is 2. The third kappa shape index (κ3) is 7.91. The summed E-state index contributed by atoms with van der Waals surface area (Å²) in [6.07, 6.45) is 7.86. The normalized spacial score (nSPS) is 36.5. The van der Waals surface area contributed by atoms with Crippen LogP contribution in [-0.2, 0) is 19.0 Å². The van der Waals surface area contributed by atoms with Crippen LogP contribution >= 0.6 is 0 Å². The van der Waals surface area contributed by atoms with Crippen molar-refractivity contribution in [1.29, 1.82) is 0 Å². The van der Waals surface area contributed by atoms with Crippen molar-refractivity contribution in [2.45, 2.75) is 89.8 Å². The van der Waals surface area contributed by atoms with E-state index in [1.165, 1.54) is 0 Å². The number of hydrogen-bond acceptors (Lipinski definition) is 6. The van der Waals surface area contributed by atoms with E-state index < -0.39 is 5.92 Å². The number of carbonyl (C=O) groups is 1. The molecule has 1 saturated heterocycles. The molecule has 0 spiro atoms. The topological polar surface area (TPSA) is 85.2 Å². The predicted octanol–water partition coefficient (Wildman–Crippen LogP) is 4.84. The van der Waals surface area contributed by atoms with Gasteiger partial charge in [0.15, 0.2) is 0 Å². The molecular weight excluding hydrogens is 432 g/mol. The van der Waals surface area contributed by atoms with Gasteiger partial charge in [0.2, 0.25) is 0 Å². The molecule has 2 bridgehead atoms. The summed E-state index contributed by atoms with van der Waals surface area (Å²) in [7, 11) is 2.69. The van der Waals surface area contributed by atoms with Crippen LogP contribution in [0.3, 0.4) is 0 Å². The molecule has 1 fully saturated rings. The molecule has 0 aliphatic carbocycles. The Kier molecular flexibility index (Phi) is 12.3. The first-order valence-electron chi connectivity index (χ1n) is 12.6. The second kappa shape index (κ2) is 14.6. The van der Waals surface area contributed by atoms with Crippen molar-refractivity contribution in [2.75, 3.05) is 14.2 Å². The Morgan fingerprint density at radius 1 is 1.00 bits per heavy atom. The van der Waals surface area contributed by atoms with Crippen LogP contribution in [0.25, 0.3) is 0 Å². The summed E-state index contributed by atoms with van der Waals surface area (Å²) in [6.45, 7) is 6.22. The molecule has 0 aromatic heterocycles. The zero-order chi connectivity index (χ0) is 25.1. The van der Waals surface area contributed by atoms with E-state index in [2.05, 4.69) is 26.0 Å². The lowest BCUT2D eigenvalue weighted by Crippen LogP contribution is -2.51. The molecular formula is C28H44O6. The molecule has 1 aromatic rings. The van der Waals surface area contributed by atoms with Gasteiger partial charge < -0.3 is 24.4 Å². The molecule has 8 atom stereocenters. The molecule has 0 radical (unpaired) electrons. The van der Waals surface area contributed by atoms with E-state index >= 15 is 0 Å². The molecule has 2 aliphatic heterocycles. The number of methoxy groups -OCH3 is 1. The Morgan fingerprint density at radius 2 is 1.68 bits per heavy atom. The van der Waals surface area contributed by atoms with Gasteiger partial charge in [-0.15, -0.1) is 0 Å². The minimum atomic E-state index is -0.424. The number of benzene rings is 1. The third-order valence-corrected chi connectivity index (χ3v) is 7.06. The van der Waals surface area contributed by atoms with E-state index in [1.807, 2.05) is 37.3 Å². The van der Waals surface area contributed by atoms with E-state index in [4.69, 9.17) is 19.3 Å². The van der Waals surface area contributed by atoms with Crippen molar-refractivity contribution < 1.29 is 29.2 Å². The molecule has 6 nitrogen and oxygen atoms in total. The Balaban J connectivity index is 0.00000199. The van der Waals surface area contributed by atoms with Crippen LogP contribution in [0.1, 0.15) is 71.0 Å². The molecule has 192 valence electrons. The molecule has 6 heteroatoms. The SMILES string of the molecule is CO.COC1CC(C)C2OC1[C@H](C)C(=O)O[C@H](c1ccccc1)CCCCC(O)C/C=C/[C@@H]2C. The fourth-order valence-corrected chi connectivity index (χ4v) is 5.08. The number of hydrogen-bond donors (Lipinski definition) is 2. The van der Waals surface area contributed by atoms with Gasteiger partial charge in [-0.25, -0.2) is 0 Å². The highest BCUT2D eigenvalue weighted by molar-refractivity contribution is 5.73. The van der Waals surface area contributed by atoms with E-state index in [0.717, 1.165) is 44.8 Å². The number of fused-ring (bicyclic) bond motifs is 2. The lowest BCUT2D eigenvalue weighted by atomic mass is 9.82. The zero-order valence-electron chi connectivity index (χ0n) is 21.4. The van der Waals surface area contributed by atoms with Crippen LogP contribution in [0.4, 0.5) is 0 Å². The molecule has 5 unspecified atom stereocenters. The third-order valence-electron chi connectivity index (χ3n) is 7.06. The molecule has 2 heterocycles. The average molecular weight is 477 g/mol. The second-order valence-corrected chi connectivity index (χ2v) is 9.64. The first kappa shape index (κ1) is 28.5. The summed E-state index contributed by atoms with van der Waals surface area (Å²) >= 11 is 0. The Labute approximate surface area is 205 Å². The van der Waals surface area contributed by atoms with Gasteiger partial charge in [0.05, 0.1) is 30.3 Å². The van der Waals surface area contributed by atoms with Gasteiger partial charge in [0, 0.05) is 20.1 Å². The van der Waals surface area contributed by atoms with Crippen molar-refractivity contribution in [3.8, 4) is 0 Å². The van der Waals surface area contributed by atoms with Crippen LogP contribution in [-0.4, -0.2) is 54.8 Å². The maximum Gasteiger partial charge on any atom is 0.312 e. The summed E-state index contributed by atoms with van der Waals surface area (Å²) in [5.74, 6) is -0.174. The fraction of sp³-hybridized carbons (Fsp3) is 0.679. The van der Waals surface area contributed by atoms with Crippen LogP contribution < -0.4 is 0 Å². The van der Waals surface area contributed by atoms with Gasteiger partial charge in [-0.1, -0.05) is 62.8 Å². The second-order valence-electron chi connectivity index (χ2n) is 9.64. The quantitative estimate of drug-likeness (QED) is 0.469. The predicted molar refractivity (Wildman–Crippen MR) is 133 cm³/mol. The molecule has 3 rings (SSSR count). The summed E-state index contributed by atoms with van der Waals surface area (Å²) in [5, 5.41) is 17.4. The molecule has 1 aromatic carbocycles. The highest BCUT2D eigenvalue weighted by Crippen LogP contribution is 2.36. The van der Waals surface area contributed by atoms with Crippen molar-refractivity contribution >= 4 is 5.97 Å². The van der Waals surface area contributed by atoms with Crippen LogP contribution in [0.2, 0.25) is 0 Å². The van der Waals surface area contributed by atoms with Crippen molar-refractivity contribution in [3.05, 3.63) is 48.0 Å². The summed E-state index contributed by atoms with van der Waals surface area (Å²) in [4.78, 5) is 13.3. The van der Waals surface area contributed by atoms with Crippen molar-refractivity contribution in [3.63, 3.8) is 0 Å². The van der Waals surface area contributed by atoms with Crippen LogP contribution in [0.5, 0.6) is 0 Å². The lowest BCUT2D eigenvalue weighted by Gasteiger charge is -2.43. The minimum absolute atomic E-state index is 0.00660. The molecule has 2 aliphatic rings. The first-order valence-corrected chi connectivity index (χ1v) is 12.6. The van der Waals surface area contributed by atoms with Gasteiger partial charge in [-0.2, -0.15) is 0 Å². The minimum Gasteiger partial charge on any atom is -0.457 e. The Morgan fingerprint density at radius 3 is 2.35 bits per heavy atom. The van der Waals surface area contributed by atoms with Gasteiger partial charge in [-0.3, -0.25) is 4.79 Å². The first-order chi connectivity index (χ1) is 16.4. The van der Waals surface area contributed by atoms with E-state index in [-0.39, 0.29) is 42.4 Å². The van der Waals surface area contributed by atoms with Gasteiger partial charge in [0.1, 0.15) is 6.10 Å². The number of carbonyl (C=O) groups excluding carboxylic acids is 1. The van der Waals surface area contributed by atoms with Gasteiger partial charge in [0.25, 0.3) is 0 Å². The smallest absolute Gasteiger partial charge is 0.312 e. The van der Waals surface area contributed by atoms with E-state index in [0.29, 0.717) is 12.3 Å². The summed E-state index contributed by atoms with van der Waals surface area (Å²) < 4.78 is 18.3. The van der Waals surface area contributed by atoms with Gasteiger partial charge in [-0.05, 0) is 50.5 Å². The highest BCUT2D eigenvalue weighted by Gasteiger charge is 2.43. The maximum atomic E-state index is 13.3. The fourth-order valence-electron chi connectivity index (χ4n) is 5.08. The molecule has 0 amide bonds. The monoisotopic (exact) mass is 476 g/mol. The number of ether oxygens (including phenoxy) is 3. The number of rotatable bonds is 2. The average Bonchev–Trinajstić information content (AvgIpc) is 2.86. The summed E-state index contributed by atoms with van der Waals surface area (Å²) in [6, 6.07) is 9.93.